The van der Waals surface area contributed by atoms with Gasteiger partial charge in [-0.2, -0.15) is 0 Å². The Hall–Kier alpha value is -7.09. The van der Waals surface area contributed by atoms with Gasteiger partial charge in [0.1, 0.15) is 11.1 Å². The number of anilines is 1. The molecule has 1 aromatic heterocycles. The van der Waals surface area contributed by atoms with E-state index in [1.165, 1.54) is 54.6 Å². The van der Waals surface area contributed by atoms with Gasteiger partial charge < -0.3 is 15.3 Å². The predicted molar refractivity (Wildman–Crippen MR) is 167 cm³/mol. The molecule has 1 aliphatic rings. The highest BCUT2D eigenvalue weighted by Crippen LogP contribution is 2.24. The largest absolute Gasteiger partial charge is 0.494 e. The number of benzene rings is 3. The van der Waals surface area contributed by atoms with Gasteiger partial charge in [0.25, 0.3) is 17.4 Å². The molecule has 0 atom stereocenters. The first kappa shape index (κ1) is 31.3. The lowest BCUT2D eigenvalue weighted by atomic mass is 10.0. The number of carboxylic acids is 2. The summed E-state index contributed by atoms with van der Waals surface area (Å²) in [7, 11) is 0. The molecule has 47 heavy (non-hydrogen) atoms. The lowest BCUT2D eigenvalue weighted by Crippen LogP contribution is -2.54. The normalized spacial score (nSPS) is 14.5. The maximum Gasteiger partial charge on any atom is 0.335 e. The molecule has 4 aromatic rings. The monoisotopic (exact) mass is 634 g/mol. The number of aromatic carboxylic acids is 2. The summed E-state index contributed by atoms with van der Waals surface area (Å²) < 4.78 is 0.649. The van der Waals surface area contributed by atoms with Crippen molar-refractivity contribution in [3.8, 4) is 11.6 Å². The number of hydrogen-bond acceptors (Lipinski definition) is 8. The molecule has 1 aliphatic heterocycles. The molecule has 1 saturated heterocycles. The van der Waals surface area contributed by atoms with Crippen LogP contribution in [-0.2, 0) is 9.59 Å². The van der Waals surface area contributed by atoms with E-state index in [1.807, 2.05) is 5.32 Å². The predicted octanol–water partition coefficient (Wildman–Crippen LogP) is 2.93. The molecule has 5 rings (SSSR count). The Morgan fingerprint density at radius 3 is 1.98 bits per heavy atom. The second-order valence-electron chi connectivity index (χ2n) is 9.85. The molecule has 2 heterocycles. The number of aromatic hydroxyl groups is 1. The van der Waals surface area contributed by atoms with Gasteiger partial charge in [-0.3, -0.25) is 24.7 Å². The zero-order valence-electron chi connectivity index (χ0n) is 23.9. The van der Waals surface area contributed by atoms with E-state index in [9.17, 15) is 48.9 Å². The Balaban J connectivity index is 1.58. The molecule has 0 aliphatic carbocycles. The number of aromatic amines is 1. The zero-order chi connectivity index (χ0) is 33.8. The van der Waals surface area contributed by atoms with Crippen LogP contribution in [0.4, 0.5) is 10.5 Å². The van der Waals surface area contributed by atoms with Crippen LogP contribution in [0.3, 0.4) is 0 Å². The number of rotatable bonds is 8. The van der Waals surface area contributed by atoms with E-state index in [2.05, 4.69) is 4.98 Å². The van der Waals surface area contributed by atoms with Crippen molar-refractivity contribution in [2.24, 2.45) is 0 Å². The van der Waals surface area contributed by atoms with E-state index >= 15 is 0 Å². The van der Waals surface area contributed by atoms with E-state index < -0.39 is 52.5 Å². The van der Waals surface area contributed by atoms with E-state index in [-0.39, 0.29) is 28.1 Å². The summed E-state index contributed by atoms with van der Waals surface area (Å²) in [5.74, 6) is -5.39. The first-order valence-electron chi connectivity index (χ1n) is 13.6. The Bertz CT molecular complexity index is 2190. The van der Waals surface area contributed by atoms with Gasteiger partial charge in [0.2, 0.25) is 5.88 Å². The molecule has 0 bridgehead atoms. The molecule has 4 amide bonds. The number of allylic oxidation sites excluding steroid dienone is 4. The summed E-state index contributed by atoms with van der Waals surface area (Å²) in [5.41, 5.74) is -2.54. The third-order valence-electron chi connectivity index (χ3n) is 6.89. The Morgan fingerprint density at radius 1 is 0.745 bits per heavy atom. The van der Waals surface area contributed by atoms with Crippen molar-refractivity contribution in [1.82, 2.24) is 14.9 Å². The third-order valence-corrected chi connectivity index (χ3v) is 6.89. The third kappa shape index (κ3) is 6.41. The maximum atomic E-state index is 13.4. The van der Waals surface area contributed by atoms with E-state index in [0.717, 1.165) is 18.2 Å². The minimum absolute atomic E-state index is 0.0656. The highest BCUT2D eigenvalue weighted by Gasteiger charge is 2.36. The van der Waals surface area contributed by atoms with Gasteiger partial charge in [0, 0.05) is 0 Å². The summed E-state index contributed by atoms with van der Waals surface area (Å²) >= 11 is 0. The molecule has 3 aromatic carbocycles. The maximum absolute atomic E-state index is 13.4. The molecular weight excluding hydrogens is 612 g/mol. The molecule has 234 valence electrons. The Morgan fingerprint density at radius 2 is 1.34 bits per heavy atom. The molecule has 0 saturated carbocycles. The van der Waals surface area contributed by atoms with Gasteiger partial charge in [-0.25, -0.2) is 28.6 Å². The average Bonchev–Trinajstić information content (AvgIpc) is 3.04. The number of aromatic nitrogens is 2. The summed E-state index contributed by atoms with van der Waals surface area (Å²) in [4.78, 5) is 90.3. The van der Waals surface area contributed by atoms with Crippen molar-refractivity contribution in [1.29, 1.82) is 0 Å². The number of H-pyrrole nitrogens is 1. The topological polar surface area (TPSA) is 216 Å². The number of hydrogen-bond donors (Lipinski definition) is 5. The van der Waals surface area contributed by atoms with Crippen molar-refractivity contribution >= 4 is 47.1 Å². The van der Waals surface area contributed by atoms with Crippen molar-refractivity contribution < 1.29 is 39.3 Å². The van der Waals surface area contributed by atoms with Gasteiger partial charge in [-0.05, 0) is 59.7 Å². The van der Waals surface area contributed by atoms with Crippen molar-refractivity contribution in [2.45, 2.75) is 0 Å². The fourth-order valence-electron chi connectivity index (χ4n) is 4.62. The molecule has 14 heteroatoms. The molecule has 0 unspecified atom stereocenters. The van der Waals surface area contributed by atoms with Crippen LogP contribution in [0.1, 0.15) is 31.8 Å². The fourth-order valence-corrected chi connectivity index (χ4v) is 4.62. The minimum Gasteiger partial charge on any atom is -0.494 e. The zero-order valence-corrected chi connectivity index (χ0v) is 23.9. The van der Waals surface area contributed by atoms with Crippen LogP contribution in [0.5, 0.6) is 5.88 Å². The van der Waals surface area contributed by atoms with Crippen molar-refractivity contribution in [3.63, 3.8) is 0 Å². The van der Waals surface area contributed by atoms with Gasteiger partial charge in [-0.15, -0.1) is 0 Å². The number of carboxylic acid groups (broad SMARTS) is 2. The van der Waals surface area contributed by atoms with Crippen LogP contribution < -0.4 is 21.5 Å². The van der Waals surface area contributed by atoms with Crippen molar-refractivity contribution in [2.75, 3.05) is 4.90 Å². The Kier molecular flexibility index (Phi) is 8.58. The lowest BCUT2D eigenvalue weighted by Gasteiger charge is -2.26. The van der Waals surface area contributed by atoms with Gasteiger partial charge in [0.15, 0.2) is 0 Å². The molecule has 0 radical (unpaired) electrons. The molecule has 1 fully saturated rings. The van der Waals surface area contributed by atoms with Crippen LogP contribution in [0.25, 0.3) is 17.3 Å². The van der Waals surface area contributed by atoms with E-state index in [1.54, 1.807) is 30.3 Å². The number of nitrogens with one attached hydrogen (secondary N) is 2. The molecule has 0 spiro atoms. The van der Waals surface area contributed by atoms with Gasteiger partial charge >= 0.3 is 23.7 Å². The second-order valence-corrected chi connectivity index (χ2v) is 9.85. The number of amides is 4. The van der Waals surface area contributed by atoms with Crippen LogP contribution in [-0.4, -0.2) is 54.7 Å². The summed E-state index contributed by atoms with van der Waals surface area (Å²) in [6, 6.07) is 17.5. The van der Waals surface area contributed by atoms with Gasteiger partial charge in [-0.1, -0.05) is 54.6 Å². The standard InChI is InChI=1S/C33H22N4O10/c38-26-24(28(40)36(32(46)34-26)22-10-4-8-20(16-22)30(42)43)14-12-19(18-6-2-1-3-7-18)13-15-25-27(39)35-33(47)37(29(25)41)23-11-5-9-21(17-23)31(44)45/h1-17,38H,(H,34,46)(H,42,43)(H,44,45)(H,35,39,47)/b14-12?,19-13?,25-15-. The lowest BCUT2D eigenvalue weighted by molar-refractivity contribution is -0.122. The van der Waals surface area contributed by atoms with Crippen molar-refractivity contribution in [3.05, 3.63) is 146 Å². The number of barbiturate groups is 1. The SMILES string of the molecule is O=C1NC(=O)N(c2cccc(C(=O)O)c2)C(=O)/C1=C\C=C(C=Cc1c(O)[nH]c(=O)n(-c2cccc(C(=O)O)c2)c1=O)c1ccccc1. The molecule has 14 nitrogen and oxygen atoms in total. The molecule has 5 N–H and O–H groups in total. The van der Waals surface area contributed by atoms with Crippen LogP contribution in [0, 0.1) is 0 Å². The average molecular weight is 635 g/mol. The van der Waals surface area contributed by atoms with Gasteiger partial charge in [0.05, 0.1) is 22.5 Å². The number of nitrogens with zero attached hydrogens (tertiary/aromatic N) is 2. The quantitative estimate of drug-likeness (QED) is 0.108. The summed E-state index contributed by atoms with van der Waals surface area (Å²) in [6.07, 6.45) is 5.02. The number of carbonyl (C=O) groups is 5. The van der Waals surface area contributed by atoms with Crippen LogP contribution in [0.2, 0.25) is 0 Å². The second kappa shape index (κ2) is 12.9. The number of urea groups is 1. The van der Waals surface area contributed by atoms with E-state index in [4.69, 9.17) is 0 Å². The van der Waals surface area contributed by atoms with E-state index in [0.29, 0.717) is 20.6 Å². The Labute approximate surface area is 263 Å². The number of carbonyl (C=O) groups excluding carboxylic acids is 3. The summed E-state index contributed by atoms with van der Waals surface area (Å²) in [6.45, 7) is 0. The first-order valence-corrected chi connectivity index (χ1v) is 13.6. The van der Waals surface area contributed by atoms with Crippen LogP contribution >= 0.6 is 0 Å². The first-order chi connectivity index (χ1) is 22.5. The highest BCUT2D eigenvalue weighted by molar-refractivity contribution is 6.37. The fraction of sp³-hybridized carbons (Fsp3) is 0. The highest BCUT2D eigenvalue weighted by atomic mass is 16.4. The molecular formula is C33H22N4O10. The minimum atomic E-state index is -1.29. The number of imide groups is 2. The smallest absolute Gasteiger partial charge is 0.335 e. The summed E-state index contributed by atoms with van der Waals surface area (Å²) in [5, 5.41) is 31.2. The van der Waals surface area contributed by atoms with Crippen LogP contribution in [0.15, 0.2) is 112 Å².